The second-order valence-corrected chi connectivity index (χ2v) is 3.82. The van der Waals surface area contributed by atoms with Crippen molar-refractivity contribution in [2.75, 3.05) is 13.6 Å². The van der Waals surface area contributed by atoms with Crippen molar-refractivity contribution in [3.05, 3.63) is 41.5 Å². The number of alkyl halides is 3. The lowest BCUT2D eigenvalue weighted by Crippen LogP contribution is -2.26. The summed E-state index contributed by atoms with van der Waals surface area (Å²) >= 11 is 0. The van der Waals surface area contributed by atoms with Gasteiger partial charge in [0.1, 0.15) is 0 Å². The Morgan fingerprint density at radius 1 is 1.44 bits per heavy atom. The first kappa shape index (κ1) is 14.3. The summed E-state index contributed by atoms with van der Waals surface area (Å²) in [6.07, 6.45) is -3.34. The minimum Gasteiger partial charge on any atom is -0.342 e. The van der Waals surface area contributed by atoms with Crippen LogP contribution in [0.25, 0.3) is 6.08 Å². The van der Waals surface area contributed by atoms with E-state index in [-0.39, 0.29) is 17.0 Å². The van der Waals surface area contributed by atoms with Crippen molar-refractivity contribution >= 4 is 12.0 Å². The van der Waals surface area contributed by atoms with E-state index < -0.39 is 11.7 Å². The molecule has 0 atom stereocenters. The highest BCUT2D eigenvalue weighted by molar-refractivity contribution is 5.94. The average molecular weight is 257 g/mol. The van der Waals surface area contributed by atoms with Crippen molar-refractivity contribution in [3.63, 3.8) is 0 Å². The Morgan fingerprint density at radius 3 is 2.50 bits per heavy atom. The Kier molecular flexibility index (Phi) is 4.16. The van der Waals surface area contributed by atoms with Gasteiger partial charge in [0.2, 0.25) is 0 Å². The molecule has 0 aliphatic rings. The third-order valence-electron chi connectivity index (χ3n) is 2.64. The van der Waals surface area contributed by atoms with Crippen LogP contribution in [0, 0.1) is 0 Å². The molecule has 0 heterocycles. The highest BCUT2D eigenvalue weighted by Gasteiger charge is 2.33. The lowest BCUT2D eigenvalue weighted by Gasteiger charge is -2.16. The molecule has 1 amide bonds. The van der Waals surface area contributed by atoms with E-state index in [0.29, 0.717) is 6.54 Å². The molecule has 0 unspecified atom stereocenters. The molecule has 0 radical (unpaired) electrons. The SMILES string of the molecule is C=Cc1cc(C(=O)N(C)CC)ccc1C(F)(F)F. The lowest BCUT2D eigenvalue weighted by atomic mass is 10.0. The predicted molar refractivity (Wildman–Crippen MR) is 64.2 cm³/mol. The van der Waals surface area contributed by atoms with E-state index in [9.17, 15) is 18.0 Å². The van der Waals surface area contributed by atoms with Gasteiger partial charge in [-0.15, -0.1) is 0 Å². The molecule has 0 spiro atoms. The fourth-order valence-corrected chi connectivity index (χ4v) is 1.49. The quantitative estimate of drug-likeness (QED) is 0.812. The fourth-order valence-electron chi connectivity index (χ4n) is 1.49. The summed E-state index contributed by atoms with van der Waals surface area (Å²) in [4.78, 5) is 13.2. The third kappa shape index (κ3) is 2.91. The Bertz CT molecular complexity index is 466. The zero-order chi connectivity index (χ0) is 13.9. The predicted octanol–water partition coefficient (Wildman–Crippen LogP) is 3.44. The summed E-state index contributed by atoms with van der Waals surface area (Å²) < 4.78 is 37.9. The number of rotatable bonds is 3. The molecular weight excluding hydrogens is 243 g/mol. The van der Waals surface area contributed by atoms with Crippen LogP contribution < -0.4 is 0 Å². The molecule has 1 aromatic rings. The van der Waals surface area contributed by atoms with Gasteiger partial charge in [0.05, 0.1) is 5.56 Å². The van der Waals surface area contributed by atoms with E-state index in [4.69, 9.17) is 0 Å². The first-order valence-electron chi connectivity index (χ1n) is 5.40. The molecule has 0 saturated heterocycles. The smallest absolute Gasteiger partial charge is 0.342 e. The molecule has 0 bridgehead atoms. The van der Waals surface area contributed by atoms with Crippen LogP contribution in [0.5, 0.6) is 0 Å². The molecule has 98 valence electrons. The lowest BCUT2D eigenvalue weighted by molar-refractivity contribution is -0.137. The van der Waals surface area contributed by atoms with E-state index in [2.05, 4.69) is 6.58 Å². The maximum Gasteiger partial charge on any atom is 0.416 e. The maximum atomic E-state index is 12.6. The standard InChI is InChI=1S/C13H14F3NO/c1-4-9-8-10(12(18)17(3)5-2)6-7-11(9)13(14,15)16/h4,6-8H,1,5H2,2-3H3. The molecule has 0 saturated carbocycles. The number of hydrogen-bond acceptors (Lipinski definition) is 1. The van der Waals surface area contributed by atoms with Crippen LogP contribution in [0.15, 0.2) is 24.8 Å². The summed E-state index contributed by atoms with van der Waals surface area (Å²) in [6.45, 7) is 5.62. The van der Waals surface area contributed by atoms with Crippen LogP contribution in [0.1, 0.15) is 28.4 Å². The van der Waals surface area contributed by atoms with Gasteiger partial charge in [0.25, 0.3) is 5.91 Å². The molecule has 0 aliphatic heterocycles. The second kappa shape index (κ2) is 5.25. The fraction of sp³-hybridized carbons (Fsp3) is 0.308. The highest BCUT2D eigenvalue weighted by atomic mass is 19.4. The van der Waals surface area contributed by atoms with Gasteiger partial charge in [-0.3, -0.25) is 4.79 Å². The van der Waals surface area contributed by atoms with Gasteiger partial charge in [-0.2, -0.15) is 13.2 Å². The number of hydrogen-bond donors (Lipinski definition) is 0. The van der Waals surface area contributed by atoms with Crippen LogP contribution >= 0.6 is 0 Å². The van der Waals surface area contributed by atoms with Crippen molar-refractivity contribution in [2.24, 2.45) is 0 Å². The first-order valence-corrected chi connectivity index (χ1v) is 5.40. The Labute approximate surface area is 104 Å². The molecule has 0 aromatic heterocycles. The van der Waals surface area contributed by atoms with E-state index in [1.807, 2.05) is 0 Å². The Hall–Kier alpha value is -1.78. The van der Waals surface area contributed by atoms with E-state index >= 15 is 0 Å². The number of benzene rings is 1. The van der Waals surface area contributed by atoms with Crippen LogP contribution in [-0.4, -0.2) is 24.4 Å². The topological polar surface area (TPSA) is 20.3 Å². The number of carbonyl (C=O) groups is 1. The monoisotopic (exact) mass is 257 g/mol. The Morgan fingerprint density at radius 2 is 2.06 bits per heavy atom. The summed E-state index contributed by atoms with van der Waals surface area (Å²) in [5, 5.41) is 0. The number of carbonyl (C=O) groups excluding carboxylic acids is 1. The van der Waals surface area contributed by atoms with Gasteiger partial charge in [-0.25, -0.2) is 0 Å². The molecule has 0 fully saturated rings. The van der Waals surface area contributed by atoms with Gasteiger partial charge in [0.15, 0.2) is 0 Å². The largest absolute Gasteiger partial charge is 0.416 e. The molecule has 2 nitrogen and oxygen atoms in total. The number of nitrogens with zero attached hydrogens (tertiary/aromatic N) is 1. The summed E-state index contributed by atoms with van der Waals surface area (Å²) in [6, 6.07) is 3.31. The minimum absolute atomic E-state index is 0.0853. The molecule has 18 heavy (non-hydrogen) atoms. The van der Waals surface area contributed by atoms with Gasteiger partial charge in [0, 0.05) is 19.2 Å². The zero-order valence-electron chi connectivity index (χ0n) is 10.2. The molecule has 0 N–H and O–H groups in total. The normalized spacial score (nSPS) is 11.2. The van der Waals surface area contributed by atoms with Crippen molar-refractivity contribution in [1.29, 1.82) is 0 Å². The third-order valence-corrected chi connectivity index (χ3v) is 2.64. The second-order valence-electron chi connectivity index (χ2n) is 3.82. The van der Waals surface area contributed by atoms with Crippen molar-refractivity contribution in [1.82, 2.24) is 4.90 Å². The van der Waals surface area contributed by atoms with E-state index in [1.54, 1.807) is 14.0 Å². The van der Waals surface area contributed by atoms with Gasteiger partial charge in [-0.1, -0.05) is 12.7 Å². The van der Waals surface area contributed by atoms with Crippen LogP contribution in [0.2, 0.25) is 0 Å². The van der Waals surface area contributed by atoms with Crippen LogP contribution in [-0.2, 0) is 6.18 Å². The van der Waals surface area contributed by atoms with Gasteiger partial charge in [-0.05, 0) is 30.7 Å². The number of halogens is 3. The van der Waals surface area contributed by atoms with Crippen molar-refractivity contribution < 1.29 is 18.0 Å². The van der Waals surface area contributed by atoms with E-state index in [0.717, 1.165) is 12.1 Å². The molecule has 1 aromatic carbocycles. The maximum absolute atomic E-state index is 12.6. The molecular formula is C13H14F3NO. The first-order chi connectivity index (χ1) is 8.31. The zero-order valence-corrected chi connectivity index (χ0v) is 10.2. The summed E-state index contributed by atoms with van der Waals surface area (Å²) in [5.41, 5.74) is -0.645. The molecule has 0 aliphatic carbocycles. The highest BCUT2D eigenvalue weighted by Crippen LogP contribution is 2.33. The van der Waals surface area contributed by atoms with Gasteiger partial charge >= 0.3 is 6.18 Å². The average Bonchev–Trinajstić information content (AvgIpc) is 2.34. The summed E-state index contributed by atoms with van der Waals surface area (Å²) in [7, 11) is 1.59. The van der Waals surface area contributed by atoms with Crippen LogP contribution in [0.4, 0.5) is 13.2 Å². The minimum atomic E-state index is -4.44. The molecule has 1 rings (SSSR count). The van der Waals surface area contributed by atoms with Crippen molar-refractivity contribution in [3.8, 4) is 0 Å². The van der Waals surface area contributed by atoms with Crippen molar-refractivity contribution in [2.45, 2.75) is 13.1 Å². The summed E-state index contributed by atoms with van der Waals surface area (Å²) in [5.74, 6) is -0.311. The van der Waals surface area contributed by atoms with E-state index in [1.165, 1.54) is 17.0 Å². The number of amides is 1. The Balaban J connectivity index is 3.22. The molecule has 5 heteroatoms. The van der Waals surface area contributed by atoms with Gasteiger partial charge < -0.3 is 4.90 Å². The van der Waals surface area contributed by atoms with Crippen LogP contribution in [0.3, 0.4) is 0 Å².